The number of nitrogens with zero attached hydrogens (tertiary/aromatic N) is 2. The first kappa shape index (κ1) is 40.4. The Morgan fingerprint density at radius 3 is 1.80 bits per heavy atom. The third-order valence-corrected chi connectivity index (χ3v) is 10.1. The smallest absolute Gasteiger partial charge is 0.396 e. The largest absolute Gasteiger partial charge is 0.445 e. The lowest BCUT2D eigenvalue weighted by atomic mass is 9.97. The highest BCUT2D eigenvalue weighted by Gasteiger charge is 2.34. The van der Waals surface area contributed by atoms with E-state index in [0.717, 1.165) is 5.56 Å². The highest BCUT2D eigenvalue weighted by atomic mass is 31.2. The van der Waals surface area contributed by atoms with Crippen LogP contribution in [0.1, 0.15) is 79.0 Å². The van der Waals surface area contributed by atoms with Crippen LogP contribution in [0.5, 0.6) is 11.5 Å². The maximum atomic E-state index is 14.9. The molecule has 0 unspecified atom stereocenters. The molecule has 13 heteroatoms. The Morgan fingerprint density at radius 2 is 1.35 bits per heavy atom. The first-order chi connectivity index (χ1) is 25.3. The summed E-state index contributed by atoms with van der Waals surface area (Å²) in [7, 11) is -4.18. The van der Waals surface area contributed by atoms with Crippen molar-refractivity contribution in [1.82, 2.24) is 9.55 Å². The molecule has 0 radical (unpaired) electrons. The van der Waals surface area contributed by atoms with Gasteiger partial charge >= 0.3 is 19.5 Å². The van der Waals surface area contributed by atoms with E-state index in [1.54, 1.807) is 96.1 Å². The minimum absolute atomic E-state index is 0.0616. The van der Waals surface area contributed by atoms with Crippen molar-refractivity contribution in [2.24, 2.45) is 16.7 Å². The molecule has 0 saturated heterocycles. The summed E-state index contributed by atoms with van der Waals surface area (Å²) in [6.45, 7) is 16.9. The summed E-state index contributed by atoms with van der Waals surface area (Å²) in [5.74, 6) is 0.278. The highest BCUT2D eigenvalue weighted by molar-refractivity contribution is 7.61. The molecule has 0 atom stereocenters. The molecule has 0 aliphatic heterocycles. The molecule has 0 fully saturated rings. The summed E-state index contributed by atoms with van der Waals surface area (Å²) in [4.78, 5) is 29.5. The number of aryl methyl sites for hydroxylation is 1. The van der Waals surface area contributed by atoms with Crippen molar-refractivity contribution in [3.05, 3.63) is 89.2 Å². The van der Waals surface area contributed by atoms with Crippen molar-refractivity contribution in [2.45, 2.75) is 88.5 Å². The van der Waals surface area contributed by atoms with E-state index in [1.807, 2.05) is 11.5 Å². The van der Waals surface area contributed by atoms with E-state index in [9.17, 15) is 18.5 Å². The van der Waals surface area contributed by atoms with Crippen LogP contribution in [-0.4, -0.2) is 21.5 Å². The van der Waals surface area contributed by atoms with Gasteiger partial charge in [0, 0.05) is 6.54 Å². The van der Waals surface area contributed by atoms with Gasteiger partial charge in [-0.2, -0.15) is 0 Å². The molecular formula is C41H49FN3O8P. The first-order valence-corrected chi connectivity index (χ1v) is 19.4. The fourth-order valence-electron chi connectivity index (χ4n) is 5.29. The number of hydrogen-bond acceptors (Lipinski definition) is 10. The second-order valence-corrected chi connectivity index (χ2v) is 17.6. The standard InChI is InChI=1S/C41H49FN3O8P/c1-10-28-21-31(42)34(43)35-36(28)45(22-25(2)3)37(44-35)32-19-20-33(53-32)54(48,49-23-26-11-15-29(16-12-26)51-38(46)40(4,5)6)50-24-27-13-17-30(18-14-27)52-39(47)41(7,8)9/h11-21,25H,10,22-24,43H2,1-9H3. The normalized spacial score (nSPS) is 12.4. The van der Waals surface area contributed by atoms with Gasteiger partial charge in [-0.25, -0.2) is 9.37 Å². The molecule has 2 N–H and O–H groups in total. The van der Waals surface area contributed by atoms with E-state index in [4.69, 9.17) is 33.7 Å². The van der Waals surface area contributed by atoms with Crippen LogP contribution in [0.15, 0.2) is 71.1 Å². The number of nitrogen functional groups attached to an aromatic ring is 1. The molecule has 0 aliphatic carbocycles. The maximum absolute atomic E-state index is 14.9. The summed E-state index contributed by atoms with van der Waals surface area (Å²) in [5, 5.41) is 0. The second kappa shape index (κ2) is 15.9. The minimum Gasteiger partial charge on any atom is -0.445 e. The van der Waals surface area contributed by atoms with E-state index < -0.39 is 24.2 Å². The lowest BCUT2D eigenvalue weighted by Gasteiger charge is -2.18. The molecule has 5 aromatic rings. The van der Waals surface area contributed by atoms with Gasteiger partial charge in [0.25, 0.3) is 0 Å². The van der Waals surface area contributed by atoms with E-state index in [-0.39, 0.29) is 48.0 Å². The zero-order valence-corrected chi connectivity index (χ0v) is 33.2. The van der Waals surface area contributed by atoms with Gasteiger partial charge in [-0.3, -0.25) is 23.2 Å². The molecule has 0 bridgehead atoms. The van der Waals surface area contributed by atoms with Gasteiger partial charge in [0.1, 0.15) is 22.8 Å². The summed E-state index contributed by atoms with van der Waals surface area (Å²) in [6.07, 6.45) is 0.553. The predicted octanol–water partition coefficient (Wildman–Crippen LogP) is 9.39. The van der Waals surface area contributed by atoms with Gasteiger partial charge in [0.15, 0.2) is 11.6 Å². The lowest BCUT2D eigenvalue weighted by molar-refractivity contribution is -0.143. The number of nitrogens with two attached hydrogens (primary N) is 1. The zero-order chi connectivity index (χ0) is 39.6. The number of carbonyl (C=O) groups is 2. The summed E-state index contributed by atoms with van der Waals surface area (Å²) >= 11 is 0. The van der Waals surface area contributed by atoms with Crippen LogP contribution in [0.3, 0.4) is 0 Å². The fourth-order valence-corrected chi connectivity index (χ4v) is 6.72. The van der Waals surface area contributed by atoms with Gasteiger partial charge in [-0.05, 0) is 113 Å². The fraction of sp³-hybridized carbons (Fsp3) is 0.390. The van der Waals surface area contributed by atoms with Crippen LogP contribution in [0, 0.1) is 22.6 Å². The molecule has 288 valence electrons. The molecule has 3 aromatic carbocycles. The molecule has 0 amide bonds. The maximum Gasteiger partial charge on any atom is 0.396 e. The van der Waals surface area contributed by atoms with Crippen molar-refractivity contribution < 1.29 is 41.5 Å². The first-order valence-electron chi connectivity index (χ1n) is 17.9. The number of ether oxygens (including phenoxy) is 2. The number of anilines is 1. The Kier molecular flexibility index (Phi) is 11.9. The van der Waals surface area contributed by atoms with Gasteiger partial charge in [-0.1, -0.05) is 45.0 Å². The van der Waals surface area contributed by atoms with Crippen LogP contribution >= 0.6 is 7.60 Å². The predicted molar refractivity (Wildman–Crippen MR) is 206 cm³/mol. The van der Waals surface area contributed by atoms with Crippen LogP contribution < -0.4 is 20.7 Å². The number of rotatable bonds is 13. The average molecular weight is 762 g/mol. The molecule has 11 nitrogen and oxygen atoms in total. The van der Waals surface area contributed by atoms with E-state index >= 15 is 0 Å². The summed E-state index contributed by atoms with van der Waals surface area (Å²) in [5.41, 5.74) is 7.75. The van der Waals surface area contributed by atoms with E-state index in [0.29, 0.717) is 52.4 Å². The van der Waals surface area contributed by atoms with E-state index in [2.05, 4.69) is 13.8 Å². The Bertz CT molecular complexity index is 2100. The average Bonchev–Trinajstić information content (AvgIpc) is 3.74. The summed E-state index contributed by atoms with van der Waals surface area (Å²) < 4.78 is 60.8. The molecule has 0 saturated carbocycles. The Balaban J connectivity index is 1.46. The van der Waals surface area contributed by atoms with Gasteiger partial charge < -0.3 is 24.2 Å². The number of carbonyl (C=O) groups excluding carboxylic acids is 2. The highest BCUT2D eigenvalue weighted by Crippen LogP contribution is 2.50. The molecule has 54 heavy (non-hydrogen) atoms. The third kappa shape index (κ3) is 9.29. The monoisotopic (exact) mass is 761 g/mol. The molecule has 0 spiro atoms. The van der Waals surface area contributed by atoms with Gasteiger partial charge in [0.05, 0.1) is 35.2 Å². The third-order valence-electron chi connectivity index (χ3n) is 8.39. The molecule has 5 rings (SSSR count). The number of aromatic nitrogens is 2. The number of halogens is 1. The molecule has 2 heterocycles. The summed E-state index contributed by atoms with van der Waals surface area (Å²) in [6, 6.07) is 17.9. The SMILES string of the molecule is CCc1cc(F)c(N)c2nc(-c3ccc(P(=O)(OCc4ccc(OC(=O)C(C)(C)C)cc4)OCc4ccc(OC(=O)C(C)(C)C)cc4)o3)n(CC(C)C)c12. The lowest BCUT2D eigenvalue weighted by Crippen LogP contribution is -2.25. The van der Waals surface area contributed by atoms with Crippen molar-refractivity contribution >= 4 is 41.8 Å². The second-order valence-electron chi connectivity index (χ2n) is 15.7. The zero-order valence-electron chi connectivity index (χ0n) is 32.3. The van der Waals surface area contributed by atoms with Gasteiger partial charge in [-0.15, -0.1) is 0 Å². The number of esters is 2. The van der Waals surface area contributed by atoms with E-state index in [1.165, 1.54) is 12.1 Å². The van der Waals surface area contributed by atoms with Crippen LogP contribution in [-0.2, 0) is 49.4 Å². The van der Waals surface area contributed by atoms with Crippen LogP contribution in [0.4, 0.5) is 10.1 Å². The number of benzene rings is 3. The van der Waals surface area contributed by atoms with Crippen molar-refractivity contribution in [2.75, 3.05) is 5.73 Å². The number of hydrogen-bond donors (Lipinski definition) is 1. The van der Waals surface area contributed by atoms with Crippen molar-refractivity contribution in [1.29, 1.82) is 0 Å². The minimum atomic E-state index is -4.18. The van der Waals surface area contributed by atoms with Crippen LogP contribution in [0.2, 0.25) is 0 Å². The quantitative estimate of drug-likeness (QED) is 0.0533. The Hall–Kier alpha value is -4.77. The number of fused-ring (bicyclic) bond motifs is 1. The molecule has 2 aromatic heterocycles. The Morgan fingerprint density at radius 1 is 0.852 bits per heavy atom. The Labute approximate surface area is 315 Å². The van der Waals surface area contributed by atoms with Crippen LogP contribution in [0.25, 0.3) is 22.6 Å². The van der Waals surface area contributed by atoms with Crippen molar-refractivity contribution in [3.63, 3.8) is 0 Å². The number of furan rings is 1. The molecular weight excluding hydrogens is 712 g/mol. The number of imidazole rings is 1. The topological polar surface area (TPSA) is 145 Å². The molecule has 0 aliphatic rings. The van der Waals surface area contributed by atoms with Gasteiger partial charge in [0.2, 0.25) is 5.50 Å². The van der Waals surface area contributed by atoms with Crippen molar-refractivity contribution in [3.8, 4) is 23.1 Å².